The van der Waals surface area contributed by atoms with Crippen molar-refractivity contribution in [2.24, 2.45) is 11.8 Å². The summed E-state index contributed by atoms with van der Waals surface area (Å²) in [6, 6.07) is 28.6. The van der Waals surface area contributed by atoms with Gasteiger partial charge in [0.1, 0.15) is 11.8 Å². The zero-order valence-electron chi connectivity index (χ0n) is 22.7. The number of ether oxygens (including phenoxy) is 1. The molecule has 2 amide bonds. The number of carbonyl (C=O) groups excluding carboxylic acids is 4. The zero-order valence-corrected chi connectivity index (χ0v) is 22.7. The fourth-order valence-corrected chi connectivity index (χ4v) is 6.34. The number of imide groups is 1. The third kappa shape index (κ3) is 4.05. The summed E-state index contributed by atoms with van der Waals surface area (Å²) in [5.41, 5.74) is 4.18. The van der Waals surface area contributed by atoms with E-state index in [0.717, 1.165) is 16.8 Å². The summed E-state index contributed by atoms with van der Waals surface area (Å²) in [7, 11) is 0. The minimum absolute atomic E-state index is 0.141. The third-order valence-corrected chi connectivity index (χ3v) is 8.32. The third-order valence-electron chi connectivity index (χ3n) is 8.32. The molecule has 3 heterocycles. The number of hydrogen-bond donors (Lipinski definition) is 0. The molecule has 206 valence electrons. The highest BCUT2D eigenvalue weighted by Gasteiger charge is 2.65. The van der Waals surface area contributed by atoms with Gasteiger partial charge < -0.3 is 9.64 Å². The smallest absolute Gasteiger partial charge is 0.335 e. The largest absolute Gasteiger partial charge is 0.425 e. The quantitative estimate of drug-likeness (QED) is 0.146. The lowest BCUT2D eigenvalue weighted by molar-refractivity contribution is -0.139. The molecule has 4 aromatic rings. The molecule has 0 N–H and O–H groups in total. The fourth-order valence-electron chi connectivity index (χ4n) is 6.34. The maximum Gasteiger partial charge on any atom is 0.335 e. The summed E-state index contributed by atoms with van der Waals surface area (Å²) in [6.45, 7) is 1.93. The number of hydrogen-bond acceptors (Lipinski definition) is 6. The van der Waals surface area contributed by atoms with Crippen LogP contribution in [-0.4, -0.2) is 35.7 Å². The first kappa shape index (κ1) is 25.7. The average molecular weight is 555 g/mol. The summed E-state index contributed by atoms with van der Waals surface area (Å²) in [6.07, 6.45) is 3.84. The molecule has 4 atom stereocenters. The van der Waals surface area contributed by atoms with E-state index in [1.165, 1.54) is 4.90 Å². The van der Waals surface area contributed by atoms with Crippen molar-refractivity contribution >= 4 is 41.0 Å². The fraction of sp³-hybridized carbons (Fsp3) is 0.143. The molecule has 3 aliphatic heterocycles. The van der Waals surface area contributed by atoms with Crippen LogP contribution in [0.3, 0.4) is 0 Å². The van der Waals surface area contributed by atoms with Gasteiger partial charge in [-0.1, -0.05) is 78.4 Å². The number of carbonyl (C=O) groups is 4. The van der Waals surface area contributed by atoms with E-state index in [1.807, 2.05) is 66.4 Å². The van der Waals surface area contributed by atoms with Crippen molar-refractivity contribution in [2.75, 3.05) is 9.80 Å². The van der Waals surface area contributed by atoms with E-state index in [1.54, 1.807) is 60.7 Å². The predicted octanol–water partition coefficient (Wildman–Crippen LogP) is 5.22. The first-order chi connectivity index (χ1) is 20.4. The molecule has 2 saturated heterocycles. The molecular weight excluding hydrogens is 528 g/mol. The average Bonchev–Trinajstić information content (AvgIpc) is 3.50. The van der Waals surface area contributed by atoms with Crippen molar-refractivity contribution in [3.63, 3.8) is 0 Å². The number of ketones is 1. The molecule has 2 fully saturated rings. The molecule has 0 saturated carbocycles. The number of esters is 1. The molecule has 7 rings (SSSR count). The first-order valence-electron chi connectivity index (χ1n) is 13.8. The maximum absolute atomic E-state index is 14.0. The Hall–Kier alpha value is -5.30. The minimum Gasteiger partial charge on any atom is -0.425 e. The second-order valence-electron chi connectivity index (χ2n) is 10.8. The molecular formula is C35H26N2O5. The van der Waals surface area contributed by atoms with Gasteiger partial charge in [-0.3, -0.25) is 14.4 Å². The summed E-state index contributed by atoms with van der Waals surface area (Å²) >= 11 is 0. The van der Waals surface area contributed by atoms with Crippen molar-refractivity contribution in [1.29, 1.82) is 0 Å². The Labute approximate surface area is 242 Å². The van der Waals surface area contributed by atoms with Gasteiger partial charge in [0.15, 0.2) is 5.78 Å². The predicted molar refractivity (Wildman–Crippen MR) is 158 cm³/mol. The number of benzene rings is 4. The number of amides is 2. The number of anilines is 2. The van der Waals surface area contributed by atoms with Gasteiger partial charge in [0.05, 0.1) is 23.6 Å². The molecule has 0 bridgehead atoms. The van der Waals surface area contributed by atoms with Crippen LogP contribution in [0, 0.1) is 18.8 Å². The van der Waals surface area contributed by atoms with E-state index >= 15 is 0 Å². The van der Waals surface area contributed by atoms with E-state index in [0.29, 0.717) is 16.8 Å². The van der Waals surface area contributed by atoms with Gasteiger partial charge in [0, 0.05) is 16.8 Å². The van der Waals surface area contributed by atoms with Crippen LogP contribution in [0.4, 0.5) is 11.4 Å². The van der Waals surface area contributed by atoms with E-state index in [4.69, 9.17) is 4.74 Å². The van der Waals surface area contributed by atoms with Gasteiger partial charge >= 0.3 is 5.97 Å². The molecule has 7 heteroatoms. The van der Waals surface area contributed by atoms with Crippen LogP contribution < -0.4 is 14.5 Å². The van der Waals surface area contributed by atoms with Gasteiger partial charge in [-0.25, -0.2) is 9.69 Å². The van der Waals surface area contributed by atoms with Crippen LogP contribution in [0.25, 0.3) is 6.08 Å². The normalized spacial score (nSPS) is 22.0. The van der Waals surface area contributed by atoms with Gasteiger partial charge in [-0.15, -0.1) is 0 Å². The number of para-hydroxylation sites is 1. The van der Waals surface area contributed by atoms with Gasteiger partial charge in [0.2, 0.25) is 11.8 Å². The highest BCUT2D eigenvalue weighted by molar-refractivity contribution is 6.24. The Balaban J connectivity index is 1.22. The Morgan fingerprint density at radius 2 is 1.36 bits per heavy atom. The van der Waals surface area contributed by atoms with Crippen molar-refractivity contribution in [3.05, 3.63) is 131 Å². The second kappa shape index (κ2) is 9.96. The van der Waals surface area contributed by atoms with Crippen LogP contribution in [0.15, 0.2) is 109 Å². The van der Waals surface area contributed by atoms with Crippen LogP contribution in [0.5, 0.6) is 5.75 Å². The van der Waals surface area contributed by atoms with E-state index in [2.05, 4.69) is 0 Å². The first-order valence-corrected chi connectivity index (χ1v) is 13.8. The number of rotatable bonds is 5. The number of fused-ring (bicyclic) bond motifs is 5. The Morgan fingerprint density at radius 1 is 0.714 bits per heavy atom. The van der Waals surface area contributed by atoms with Crippen LogP contribution in [0.1, 0.15) is 27.0 Å². The number of aryl methyl sites for hydroxylation is 1. The molecule has 4 aromatic carbocycles. The molecule has 0 aromatic heterocycles. The topological polar surface area (TPSA) is 84.0 Å². The summed E-state index contributed by atoms with van der Waals surface area (Å²) < 4.78 is 5.85. The van der Waals surface area contributed by atoms with Crippen molar-refractivity contribution in [2.45, 2.75) is 19.0 Å². The van der Waals surface area contributed by atoms with Gasteiger partial charge in [-0.05, 0) is 55.0 Å². The van der Waals surface area contributed by atoms with Crippen molar-refractivity contribution in [3.8, 4) is 5.75 Å². The van der Waals surface area contributed by atoms with Crippen LogP contribution >= 0.6 is 0 Å². The monoisotopic (exact) mass is 554 g/mol. The van der Waals surface area contributed by atoms with Crippen molar-refractivity contribution < 1.29 is 23.9 Å². The SMILES string of the molecule is Cc1ccc(N2C(=O)[C@@H]3[C@H](C2=O)[C@H]2C=Cc4ccccc4N2[C@@H]3C(=O)Oc2ccc(C(=O)c3ccccc3)cc2)cc1. The van der Waals surface area contributed by atoms with E-state index in [-0.39, 0.29) is 17.4 Å². The Kier molecular flexibility index (Phi) is 6.08. The summed E-state index contributed by atoms with van der Waals surface area (Å²) in [5, 5.41) is 0. The second-order valence-corrected chi connectivity index (χ2v) is 10.8. The Bertz CT molecular complexity index is 1760. The maximum atomic E-state index is 14.0. The van der Waals surface area contributed by atoms with Gasteiger partial charge in [-0.2, -0.15) is 0 Å². The zero-order chi connectivity index (χ0) is 29.0. The lowest BCUT2D eigenvalue weighted by Crippen LogP contribution is -2.50. The molecule has 42 heavy (non-hydrogen) atoms. The molecule has 3 aliphatic rings. The minimum atomic E-state index is -1.02. The highest BCUT2D eigenvalue weighted by Crippen LogP contribution is 2.49. The standard InChI is InChI=1S/C35H26N2O5/c1-21-11-16-25(17-12-21)36-33(39)29-28-20-15-22-7-5-6-10-27(22)37(28)31(30(29)34(36)40)35(41)42-26-18-13-24(14-19-26)32(38)23-8-3-2-4-9-23/h2-20,28-31H,1H3/t28-,29-,30-,31+/m1/s1. The summed E-state index contributed by atoms with van der Waals surface area (Å²) in [5.74, 6) is -2.94. The molecule has 0 radical (unpaired) electrons. The molecule has 0 aliphatic carbocycles. The lowest BCUT2D eigenvalue weighted by Gasteiger charge is -2.36. The van der Waals surface area contributed by atoms with Crippen LogP contribution in [-0.2, 0) is 14.4 Å². The van der Waals surface area contributed by atoms with Crippen molar-refractivity contribution in [1.82, 2.24) is 0 Å². The Morgan fingerprint density at radius 3 is 2.10 bits per heavy atom. The van der Waals surface area contributed by atoms with Gasteiger partial charge in [0.25, 0.3) is 0 Å². The highest BCUT2D eigenvalue weighted by atomic mass is 16.5. The summed E-state index contributed by atoms with van der Waals surface area (Å²) in [4.78, 5) is 57.7. The van der Waals surface area contributed by atoms with E-state index in [9.17, 15) is 19.2 Å². The lowest BCUT2D eigenvalue weighted by atomic mass is 9.89. The molecule has 7 nitrogen and oxygen atoms in total. The van der Waals surface area contributed by atoms with Crippen LogP contribution in [0.2, 0.25) is 0 Å². The number of nitrogens with zero attached hydrogens (tertiary/aromatic N) is 2. The molecule has 0 unspecified atom stereocenters. The molecule has 0 spiro atoms. The van der Waals surface area contributed by atoms with E-state index < -0.39 is 35.8 Å².